The van der Waals surface area contributed by atoms with Gasteiger partial charge in [0, 0.05) is 38.8 Å². The first-order valence-corrected chi connectivity index (χ1v) is 39.7. The molecule has 37 nitrogen and oxygen atoms in total. The monoisotopic (exact) mass is 1620 g/mol. The second-order valence-corrected chi connectivity index (χ2v) is 31.4. The Labute approximate surface area is 667 Å². The molecule has 2 aromatic carbocycles. The lowest BCUT2D eigenvalue weighted by atomic mass is 9.98. The number of carboxylic acids is 2. The Morgan fingerprint density at radius 2 is 0.842 bits per heavy atom. The van der Waals surface area contributed by atoms with Crippen molar-refractivity contribution < 1.29 is 107 Å². The third-order valence-electron chi connectivity index (χ3n) is 19.2. The van der Waals surface area contributed by atoms with Crippen LogP contribution in [-0.2, 0) is 89.6 Å². The number of phenols is 1. The first-order chi connectivity index (χ1) is 53.6. The molecule has 2 aromatic rings. The van der Waals surface area contributed by atoms with Crippen LogP contribution in [-0.4, -0.2) is 264 Å². The molecule has 634 valence electrons. The molecule has 0 saturated carbocycles. The summed E-state index contributed by atoms with van der Waals surface area (Å²) >= 11 is 1.30. The number of amides is 14. The zero-order valence-corrected chi connectivity index (χ0v) is 67.3. The maximum absolute atomic E-state index is 14.9. The van der Waals surface area contributed by atoms with E-state index >= 15 is 0 Å². The highest BCUT2D eigenvalue weighted by atomic mass is 32.2. The lowest BCUT2D eigenvalue weighted by molar-refractivity contribution is -0.145. The van der Waals surface area contributed by atoms with Gasteiger partial charge in [-0.15, -0.1) is 0 Å². The smallest absolute Gasteiger partial charge is 0.326 e. The van der Waals surface area contributed by atoms with Crippen LogP contribution in [0.1, 0.15) is 151 Å². The van der Waals surface area contributed by atoms with Crippen LogP contribution in [0.5, 0.6) is 5.75 Å². The Bertz CT molecular complexity index is 3650. The highest BCUT2D eigenvalue weighted by Gasteiger charge is 2.44. The number of hydrogen-bond donors (Lipinski definition) is 19. The number of nitrogens with one attached hydrogen (secondary N) is 11. The summed E-state index contributed by atoms with van der Waals surface area (Å²) in [5.41, 5.74) is 12.1. The number of carbonyl (C=O) groups is 16. The van der Waals surface area contributed by atoms with Crippen LogP contribution in [0.15, 0.2) is 54.6 Å². The molecule has 38 heteroatoms. The number of aliphatic hydroxyl groups is 3. The van der Waals surface area contributed by atoms with Crippen LogP contribution < -0.4 is 70.0 Å². The van der Waals surface area contributed by atoms with Crippen LogP contribution in [0, 0.1) is 23.7 Å². The number of hydrogen-bond acceptors (Lipinski definition) is 22. The van der Waals surface area contributed by atoms with Gasteiger partial charge in [0.05, 0.1) is 18.8 Å². The van der Waals surface area contributed by atoms with E-state index in [1.807, 2.05) is 13.8 Å². The number of primary amides is 1. The van der Waals surface area contributed by atoms with Gasteiger partial charge in [-0.05, 0) is 131 Å². The minimum atomic E-state index is -1.91. The fourth-order valence-electron chi connectivity index (χ4n) is 13.0. The van der Waals surface area contributed by atoms with Gasteiger partial charge in [0.2, 0.25) is 82.7 Å². The van der Waals surface area contributed by atoms with Crippen molar-refractivity contribution in [3.8, 4) is 5.75 Å². The quantitative estimate of drug-likeness (QED) is 0.0313. The highest BCUT2D eigenvalue weighted by molar-refractivity contribution is 7.98. The Hall–Kier alpha value is -10.1. The van der Waals surface area contributed by atoms with E-state index in [9.17, 15) is 107 Å². The third kappa shape index (κ3) is 30.7. The Kier molecular flexibility index (Phi) is 39.7. The standard InChI is InChI=1S/C76H117N15O22S/c1-38(2)33-51(66(102)84-53(34-39(3)4)75(111)91-31-16-20-56(91)69(105)85-54(76(112)113)36-44-17-13-12-14-18-44)83-70(106)59(40(5)6)86-65(101)49(29-32-114-11)79-67(103)52(35-45-21-23-46(95)24-22-45)82-64(100)48(25-27-57(78)96)80-68(104)55-19-15-30-90(55)74(110)50(26-28-58(97)98)81-72(108)61(42(9)93)89-71(107)60(41(7)8)87-73(109)62(43(10)94)88-63(99)47(77)37-92/h12-14,17-18,21-24,38-43,47-56,59-62,92-95H,15-16,19-20,25-37,77H2,1-11H3,(H2,78,96)(H,79,103)(H,80,104)(H,81,108)(H,82,100)(H,83,106)(H,84,102)(H,85,105)(H,86,101)(H,87,109)(H,88,99)(H,89,107)(H,97,98)(H,112,113)/t42-,43-,47+,48+,49+,50+,51+,52+,53+,54+,55+,56+,59+,60+,61+,62+/m1/s1. The molecule has 21 N–H and O–H groups in total. The van der Waals surface area contributed by atoms with Gasteiger partial charge < -0.3 is 110 Å². The molecule has 16 atom stereocenters. The predicted molar refractivity (Wildman–Crippen MR) is 416 cm³/mol. The molecule has 0 bridgehead atoms. The number of likely N-dealkylation sites (tertiary alicyclic amines) is 2. The molecule has 0 aliphatic carbocycles. The van der Waals surface area contributed by atoms with Crippen LogP contribution in [0.25, 0.3) is 0 Å². The van der Waals surface area contributed by atoms with E-state index in [1.54, 1.807) is 64.3 Å². The number of aromatic hydroxyl groups is 1. The zero-order chi connectivity index (χ0) is 85.5. The second kappa shape index (κ2) is 47.0. The fourth-order valence-corrected chi connectivity index (χ4v) is 13.4. The van der Waals surface area contributed by atoms with Crippen LogP contribution in [0.3, 0.4) is 0 Å². The number of carboxylic acid groups (broad SMARTS) is 2. The minimum Gasteiger partial charge on any atom is -0.508 e. The average Bonchev–Trinajstić information content (AvgIpc) is 1.89. The van der Waals surface area contributed by atoms with E-state index < -0.39 is 236 Å². The summed E-state index contributed by atoms with van der Waals surface area (Å²) in [5.74, 6) is -17.6. The molecule has 2 fully saturated rings. The highest BCUT2D eigenvalue weighted by Crippen LogP contribution is 2.24. The summed E-state index contributed by atoms with van der Waals surface area (Å²) in [6, 6.07) is -6.63. The lowest BCUT2D eigenvalue weighted by Crippen LogP contribution is -2.63. The zero-order valence-electron chi connectivity index (χ0n) is 66.4. The predicted octanol–water partition coefficient (Wildman–Crippen LogP) is -3.05. The number of phenolic OH excluding ortho intramolecular Hbond substituents is 1. The number of aliphatic hydroxyl groups excluding tert-OH is 3. The van der Waals surface area contributed by atoms with Crippen molar-refractivity contribution in [2.24, 2.45) is 35.1 Å². The molecule has 14 amide bonds. The number of carbonyl (C=O) groups excluding carboxylic acids is 14. The van der Waals surface area contributed by atoms with Gasteiger partial charge >= 0.3 is 11.9 Å². The summed E-state index contributed by atoms with van der Waals surface area (Å²) in [6.45, 7) is 14.9. The summed E-state index contributed by atoms with van der Waals surface area (Å²) in [6.07, 6.45) is -3.52. The summed E-state index contributed by atoms with van der Waals surface area (Å²) < 4.78 is 0. The van der Waals surface area contributed by atoms with Crippen LogP contribution in [0.2, 0.25) is 0 Å². The third-order valence-corrected chi connectivity index (χ3v) is 19.9. The summed E-state index contributed by atoms with van der Waals surface area (Å²) in [7, 11) is 0. The first-order valence-electron chi connectivity index (χ1n) is 38.3. The van der Waals surface area contributed by atoms with E-state index in [0.717, 1.165) is 18.7 Å². The second-order valence-electron chi connectivity index (χ2n) is 30.4. The van der Waals surface area contributed by atoms with Crippen molar-refractivity contribution in [2.75, 3.05) is 31.7 Å². The average molecular weight is 1620 g/mol. The van der Waals surface area contributed by atoms with Gasteiger partial charge in [0.15, 0.2) is 0 Å². The number of benzene rings is 2. The van der Waals surface area contributed by atoms with E-state index in [-0.39, 0.29) is 87.8 Å². The Morgan fingerprint density at radius 1 is 0.456 bits per heavy atom. The number of nitrogens with two attached hydrogens (primary N) is 2. The van der Waals surface area contributed by atoms with Crippen LogP contribution in [0.4, 0.5) is 0 Å². The molecule has 0 unspecified atom stereocenters. The molecular formula is C76H117N15O22S. The van der Waals surface area contributed by atoms with Crippen molar-refractivity contribution in [2.45, 2.75) is 250 Å². The minimum absolute atomic E-state index is 0.0155. The maximum atomic E-state index is 14.9. The van der Waals surface area contributed by atoms with Crippen molar-refractivity contribution in [1.82, 2.24) is 68.3 Å². The molecule has 0 aromatic heterocycles. The molecule has 2 heterocycles. The Morgan fingerprint density at radius 3 is 1.33 bits per heavy atom. The van der Waals surface area contributed by atoms with Gasteiger partial charge in [0.1, 0.15) is 90.3 Å². The number of nitrogens with zero attached hydrogens (tertiary/aromatic N) is 2. The van der Waals surface area contributed by atoms with Crippen molar-refractivity contribution in [3.05, 3.63) is 65.7 Å². The van der Waals surface area contributed by atoms with Crippen LogP contribution >= 0.6 is 11.8 Å². The molecule has 2 aliphatic heterocycles. The van der Waals surface area contributed by atoms with Crippen molar-refractivity contribution in [1.29, 1.82) is 0 Å². The molecule has 4 rings (SSSR count). The fraction of sp³-hybridized carbons (Fsp3) is 0.632. The number of aliphatic carboxylic acids is 2. The van der Waals surface area contributed by atoms with Gasteiger partial charge in [-0.1, -0.05) is 97.9 Å². The summed E-state index contributed by atoms with van der Waals surface area (Å²) in [4.78, 5) is 224. The van der Waals surface area contributed by atoms with Gasteiger partial charge in [-0.2, -0.15) is 11.8 Å². The SMILES string of the molecule is CSCC[C@H](NC(=O)[C@H](Cc1ccc(O)cc1)NC(=O)[C@H](CCC(N)=O)NC(=O)[C@@H]1CCCN1C(=O)[C@H](CCC(=O)O)NC(=O)[C@@H](NC(=O)[C@@H](NC(=O)[C@@H](NC(=O)[C@@H](N)CO)[C@@H](C)O)C(C)C)[C@@H](C)O)C(=O)N[C@H](C(=O)N[C@@H](CC(C)C)C(=O)N[C@@H](CC(C)C)C(=O)N1CCC[C@H]1C(=O)N[C@@H](Cc1ccccc1)C(=O)O)C(C)C. The molecule has 2 saturated heterocycles. The number of thioether (sulfide) groups is 1. The van der Waals surface area contributed by atoms with Gasteiger partial charge in [0.25, 0.3) is 0 Å². The largest absolute Gasteiger partial charge is 0.508 e. The molecule has 0 radical (unpaired) electrons. The summed E-state index contributed by atoms with van der Waals surface area (Å²) in [5, 5.41) is 88.6. The molecular weight excluding hydrogens is 1510 g/mol. The normalized spacial score (nSPS) is 17.8. The van der Waals surface area contributed by atoms with Gasteiger partial charge in [-0.3, -0.25) is 71.9 Å². The molecule has 0 spiro atoms. The number of rotatable bonds is 47. The first kappa shape index (κ1) is 96.3. The Balaban J connectivity index is 1.59. The van der Waals surface area contributed by atoms with Crippen molar-refractivity contribution in [3.63, 3.8) is 0 Å². The van der Waals surface area contributed by atoms with E-state index in [0.29, 0.717) is 17.5 Å². The molecule has 2 aliphatic rings. The molecule has 114 heavy (non-hydrogen) atoms. The van der Waals surface area contributed by atoms with E-state index in [2.05, 4.69) is 58.5 Å². The maximum Gasteiger partial charge on any atom is 0.326 e. The van der Waals surface area contributed by atoms with Gasteiger partial charge in [-0.25, -0.2) is 4.79 Å². The van der Waals surface area contributed by atoms with E-state index in [4.69, 9.17) is 11.5 Å². The van der Waals surface area contributed by atoms with Crippen molar-refractivity contribution >= 4 is 106 Å². The topological polar surface area (TPSA) is 585 Å². The van der Waals surface area contributed by atoms with E-state index in [1.165, 1.54) is 54.8 Å². The lowest BCUT2D eigenvalue weighted by Gasteiger charge is -2.32.